The number of carbonyl (C=O) groups excluding carboxylic acids is 2. The average molecular weight is 371 g/mol. The fraction of sp³-hybridized carbons (Fsp3) is 0.300. The van der Waals surface area contributed by atoms with E-state index in [1.807, 2.05) is 24.3 Å². The molecule has 1 heterocycles. The fourth-order valence-corrected chi connectivity index (χ4v) is 2.53. The first-order chi connectivity index (χ1) is 13.1. The second-order valence-electron chi connectivity index (χ2n) is 5.99. The van der Waals surface area contributed by atoms with Crippen molar-refractivity contribution in [3.63, 3.8) is 0 Å². The van der Waals surface area contributed by atoms with Crippen molar-refractivity contribution in [2.24, 2.45) is 0 Å². The van der Waals surface area contributed by atoms with E-state index in [9.17, 15) is 9.59 Å². The molecule has 7 nitrogen and oxygen atoms in total. The van der Waals surface area contributed by atoms with Crippen molar-refractivity contribution >= 4 is 11.9 Å². The number of carbonyl (C=O) groups is 2. The molecule has 0 bridgehead atoms. The summed E-state index contributed by atoms with van der Waals surface area (Å²) in [4.78, 5) is 23.2. The number of methoxy groups -OCH3 is 1. The van der Waals surface area contributed by atoms with Crippen molar-refractivity contribution < 1.29 is 28.5 Å². The van der Waals surface area contributed by atoms with Crippen LogP contribution in [0.25, 0.3) is 0 Å². The van der Waals surface area contributed by atoms with Gasteiger partial charge in [0.15, 0.2) is 18.1 Å². The van der Waals surface area contributed by atoms with E-state index < -0.39 is 0 Å². The van der Waals surface area contributed by atoms with E-state index in [2.05, 4.69) is 10.1 Å². The molecule has 0 radical (unpaired) electrons. The summed E-state index contributed by atoms with van der Waals surface area (Å²) < 4.78 is 21.5. The number of amides is 1. The third-order valence-electron chi connectivity index (χ3n) is 3.96. The third-order valence-corrected chi connectivity index (χ3v) is 3.96. The summed E-state index contributed by atoms with van der Waals surface area (Å²) in [5.41, 5.74) is 0.813. The van der Waals surface area contributed by atoms with Gasteiger partial charge in [0.05, 0.1) is 20.1 Å². The average Bonchev–Trinajstić information content (AvgIpc) is 2.71. The van der Waals surface area contributed by atoms with Crippen LogP contribution in [0, 0.1) is 0 Å². The van der Waals surface area contributed by atoms with Gasteiger partial charge in [0.2, 0.25) is 0 Å². The molecule has 7 heteroatoms. The lowest BCUT2D eigenvalue weighted by Gasteiger charge is -2.26. The lowest BCUT2D eigenvalue weighted by atomic mass is 10.1. The molecule has 2 aromatic rings. The summed E-state index contributed by atoms with van der Waals surface area (Å²) in [7, 11) is 1.35. The number of nitrogens with one attached hydrogen (secondary N) is 1. The van der Waals surface area contributed by atoms with Crippen molar-refractivity contribution in [2.45, 2.75) is 12.5 Å². The van der Waals surface area contributed by atoms with Crippen LogP contribution in [0.15, 0.2) is 48.5 Å². The van der Waals surface area contributed by atoms with Crippen LogP contribution in [-0.4, -0.2) is 44.8 Å². The van der Waals surface area contributed by atoms with Crippen LogP contribution in [0.2, 0.25) is 0 Å². The highest BCUT2D eigenvalue weighted by molar-refractivity contribution is 5.77. The molecular formula is C20H21NO6. The number of fused-ring (bicyclic) bond motifs is 1. The Hall–Kier alpha value is -3.22. The Morgan fingerprint density at radius 1 is 1.11 bits per heavy atom. The Kier molecular flexibility index (Phi) is 6.14. The SMILES string of the molecule is COC(=O)Cc1ccc(OCC(=O)NC[C@@H]2COc3ccccc3O2)cc1. The van der Waals surface area contributed by atoms with Crippen LogP contribution in [0.4, 0.5) is 0 Å². The smallest absolute Gasteiger partial charge is 0.309 e. The summed E-state index contributed by atoms with van der Waals surface area (Å²) in [6.45, 7) is 0.592. The Balaban J connectivity index is 1.39. The third kappa shape index (κ3) is 5.37. The minimum absolute atomic E-state index is 0.111. The highest BCUT2D eigenvalue weighted by Crippen LogP contribution is 2.30. The van der Waals surface area contributed by atoms with Crippen molar-refractivity contribution in [3.05, 3.63) is 54.1 Å². The van der Waals surface area contributed by atoms with E-state index in [4.69, 9.17) is 14.2 Å². The maximum Gasteiger partial charge on any atom is 0.309 e. The quantitative estimate of drug-likeness (QED) is 0.747. The molecule has 0 spiro atoms. The molecule has 1 N–H and O–H groups in total. The van der Waals surface area contributed by atoms with Gasteiger partial charge in [0, 0.05) is 0 Å². The molecule has 1 aliphatic rings. The Labute approximate surface area is 157 Å². The summed E-state index contributed by atoms with van der Waals surface area (Å²) >= 11 is 0. The Morgan fingerprint density at radius 3 is 2.59 bits per heavy atom. The minimum atomic E-state index is -0.306. The largest absolute Gasteiger partial charge is 0.486 e. The van der Waals surface area contributed by atoms with Gasteiger partial charge in [-0.25, -0.2) is 0 Å². The topological polar surface area (TPSA) is 83.1 Å². The lowest BCUT2D eigenvalue weighted by Crippen LogP contribution is -2.42. The molecule has 0 aliphatic carbocycles. The number of hydrogen-bond donors (Lipinski definition) is 1. The van der Waals surface area contributed by atoms with Gasteiger partial charge < -0.3 is 24.3 Å². The fourth-order valence-electron chi connectivity index (χ4n) is 2.53. The van der Waals surface area contributed by atoms with Crippen molar-refractivity contribution in [1.29, 1.82) is 0 Å². The first kappa shape index (κ1) is 18.6. The van der Waals surface area contributed by atoms with Gasteiger partial charge in [-0.3, -0.25) is 9.59 Å². The van der Waals surface area contributed by atoms with E-state index in [0.717, 1.165) is 5.56 Å². The first-order valence-corrected chi connectivity index (χ1v) is 8.58. The van der Waals surface area contributed by atoms with Gasteiger partial charge in [-0.15, -0.1) is 0 Å². The predicted octanol–water partition coefficient (Wildman–Crippen LogP) is 1.74. The summed E-state index contributed by atoms with van der Waals surface area (Å²) in [5.74, 6) is 1.37. The molecule has 2 aromatic carbocycles. The predicted molar refractivity (Wildman–Crippen MR) is 97.0 cm³/mol. The maximum absolute atomic E-state index is 12.0. The van der Waals surface area contributed by atoms with Gasteiger partial charge in [0.25, 0.3) is 5.91 Å². The molecule has 0 saturated heterocycles. The van der Waals surface area contributed by atoms with Crippen LogP contribution in [0.5, 0.6) is 17.2 Å². The summed E-state index contributed by atoms with van der Waals surface area (Å²) in [6, 6.07) is 14.4. The zero-order chi connectivity index (χ0) is 19.1. The number of rotatable bonds is 7. The minimum Gasteiger partial charge on any atom is -0.486 e. The van der Waals surface area contributed by atoms with E-state index in [-0.39, 0.29) is 31.0 Å². The van der Waals surface area contributed by atoms with Crippen molar-refractivity contribution in [1.82, 2.24) is 5.32 Å². The molecule has 1 amide bonds. The Bertz CT molecular complexity index is 789. The molecule has 1 atom stereocenters. The zero-order valence-corrected chi connectivity index (χ0v) is 15.0. The van der Waals surface area contributed by atoms with E-state index in [1.165, 1.54) is 7.11 Å². The molecule has 142 valence electrons. The maximum atomic E-state index is 12.0. The highest BCUT2D eigenvalue weighted by atomic mass is 16.6. The van der Waals surface area contributed by atoms with Crippen LogP contribution >= 0.6 is 0 Å². The van der Waals surface area contributed by atoms with E-state index in [1.54, 1.807) is 24.3 Å². The molecule has 27 heavy (non-hydrogen) atoms. The number of ether oxygens (including phenoxy) is 4. The number of benzene rings is 2. The molecule has 0 fully saturated rings. The van der Waals surface area contributed by atoms with E-state index >= 15 is 0 Å². The molecule has 0 unspecified atom stereocenters. The van der Waals surface area contributed by atoms with Crippen LogP contribution in [0.1, 0.15) is 5.56 Å². The van der Waals surface area contributed by atoms with Crippen molar-refractivity contribution in [2.75, 3.05) is 26.9 Å². The van der Waals surface area contributed by atoms with Crippen LogP contribution < -0.4 is 19.5 Å². The van der Waals surface area contributed by atoms with Gasteiger partial charge in [-0.1, -0.05) is 24.3 Å². The summed E-state index contributed by atoms with van der Waals surface area (Å²) in [5, 5.41) is 2.77. The standard InChI is InChI=1S/C20H21NO6/c1-24-20(23)10-14-6-8-15(9-7-14)25-13-19(22)21-11-16-12-26-17-4-2-3-5-18(17)27-16/h2-9,16H,10-13H2,1H3,(H,21,22)/t16-/m1/s1. The van der Waals surface area contributed by atoms with Crippen molar-refractivity contribution in [3.8, 4) is 17.2 Å². The van der Waals surface area contributed by atoms with Crippen LogP contribution in [-0.2, 0) is 20.7 Å². The normalized spacial score (nSPS) is 14.9. The second kappa shape index (κ2) is 8.93. The molecule has 1 aliphatic heterocycles. The number of para-hydroxylation sites is 2. The molecule has 0 saturated carbocycles. The van der Waals surface area contributed by atoms with Gasteiger partial charge in [-0.2, -0.15) is 0 Å². The molecule has 3 rings (SSSR count). The Morgan fingerprint density at radius 2 is 1.85 bits per heavy atom. The van der Waals surface area contributed by atoms with E-state index in [0.29, 0.717) is 30.4 Å². The molecule has 0 aromatic heterocycles. The lowest BCUT2D eigenvalue weighted by molar-refractivity contribution is -0.139. The monoisotopic (exact) mass is 371 g/mol. The second-order valence-corrected chi connectivity index (χ2v) is 5.99. The zero-order valence-electron chi connectivity index (χ0n) is 15.0. The van der Waals surface area contributed by atoms with Gasteiger partial charge in [-0.05, 0) is 29.8 Å². The number of esters is 1. The number of hydrogen-bond acceptors (Lipinski definition) is 6. The molecular weight excluding hydrogens is 350 g/mol. The van der Waals surface area contributed by atoms with Gasteiger partial charge >= 0.3 is 5.97 Å². The highest BCUT2D eigenvalue weighted by Gasteiger charge is 2.21. The first-order valence-electron chi connectivity index (χ1n) is 8.58. The summed E-state index contributed by atoms with van der Waals surface area (Å²) in [6.07, 6.45) is -0.0504. The van der Waals surface area contributed by atoms with Gasteiger partial charge in [0.1, 0.15) is 18.5 Å². The van der Waals surface area contributed by atoms with Crippen LogP contribution in [0.3, 0.4) is 0 Å².